The first kappa shape index (κ1) is 20.1. The molecule has 0 saturated carbocycles. The molecule has 3 N–H and O–H groups in total. The number of aliphatic imine (C=N–C) groups is 1. The lowest BCUT2D eigenvalue weighted by molar-refractivity contribution is 0.241. The summed E-state index contributed by atoms with van der Waals surface area (Å²) in [5.41, 5.74) is 6.79. The molecular weight excluding hydrogens is 304 g/mol. The average molecular weight is 336 g/mol. The third-order valence-corrected chi connectivity index (χ3v) is 3.63. The monoisotopic (exact) mass is 336 g/mol. The van der Waals surface area contributed by atoms with E-state index in [-0.39, 0.29) is 0 Å². The Balaban J connectivity index is 2.74. The number of benzene rings is 1. The minimum absolute atomic E-state index is 0.379. The lowest BCUT2D eigenvalue weighted by atomic mass is 10.2. The fourth-order valence-corrected chi connectivity index (χ4v) is 2.40. The Kier molecular flexibility index (Phi) is 9.01. The molecule has 0 fully saturated rings. The zero-order chi connectivity index (χ0) is 17.9. The van der Waals surface area contributed by atoms with Crippen molar-refractivity contribution in [3.8, 4) is 11.5 Å². The zero-order valence-electron chi connectivity index (χ0n) is 15.6. The van der Waals surface area contributed by atoms with Gasteiger partial charge in [-0.2, -0.15) is 0 Å². The number of hydrogen-bond donors (Lipinski definition) is 2. The van der Waals surface area contributed by atoms with Crippen LogP contribution in [0.25, 0.3) is 0 Å². The summed E-state index contributed by atoms with van der Waals surface area (Å²) < 4.78 is 11.2. The Bertz CT molecular complexity index is 518. The number of rotatable bonds is 10. The summed E-state index contributed by atoms with van der Waals surface area (Å²) in [7, 11) is 0. The molecule has 0 aliphatic heterocycles. The maximum atomic E-state index is 6.02. The first-order chi connectivity index (χ1) is 11.5. The Labute approximate surface area is 146 Å². The average Bonchev–Trinajstić information content (AvgIpc) is 2.54. The molecule has 0 spiro atoms. The summed E-state index contributed by atoms with van der Waals surface area (Å²) in [6.45, 7) is 14.2. The molecule has 136 valence electrons. The third-order valence-electron chi connectivity index (χ3n) is 3.63. The van der Waals surface area contributed by atoms with E-state index < -0.39 is 0 Å². The number of likely N-dealkylation sites (N-methyl/N-ethyl adjacent to an activating group) is 1. The van der Waals surface area contributed by atoms with Crippen LogP contribution in [0.15, 0.2) is 23.2 Å². The highest BCUT2D eigenvalue weighted by Crippen LogP contribution is 2.29. The molecule has 6 nitrogen and oxygen atoms in total. The van der Waals surface area contributed by atoms with Gasteiger partial charge in [-0.25, -0.2) is 0 Å². The Hall–Kier alpha value is -1.95. The highest BCUT2D eigenvalue weighted by Gasteiger charge is 2.08. The fraction of sp³-hybridized carbons (Fsp3) is 0.611. The maximum Gasteiger partial charge on any atom is 0.193 e. The minimum Gasteiger partial charge on any atom is -0.494 e. The minimum atomic E-state index is 0.379. The van der Waals surface area contributed by atoms with E-state index in [1.54, 1.807) is 0 Å². The van der Waals surface area contributed by atoms with Crippen molar-refractivity contribution in [2.24, 2.45) is 10.7 Å². The quantitative estimate of drug-likeness (QED) is 0.508. The number of nitrogens with one attached hydrogen (secondary N) is 1. The van der Waals surface area contributed by atoms with Crippen LogP contribution in [0.4, 0.5) is 5.69 Å². The molecule has 0 aliphatic rings. The van der Waals surface area contributed by atoms with Crippen molar-refractivity contribution in [3.63, 3.8) is 0 Å². The molecule has 0 atom stereocenters. The number of anilines is 1. The van der Waals surface area contributed by atoms with Gasteiger partial charge in [0.05, 0.1) is 25.4 Å². The third kappa shape index (κ3) is 6.66. The first-order valence-electron chi connectivity index (χ1n) is 8.72. The van der Waals surface area contributed by atoms with Gasteiger partial charge < -0.3 is 20.5 Å². The molecule has 0 amide bonds. The molecule has 1 rings (SSSR count). The first-order valence-corrected chi connectivity index (χ1v) is 8.72. The van der Waals surface area contributed by atoms with Crippen LogP contribution < -0.4 is 20.5 Å². The summed E-state index contributed by atoms with van der Waals surface area (Å²) >= 11 is 0. The zero-order valence-corrected chi connectivity index (χ0v) is 15.6. The SMILES string of the molecule is CCOc1ccc(OCC)c(NC(N)=NCCN(CC)C(C)C)c1. The van der Waals surface area contributed by atoms with Crippen LogP contribution >= 0.6 is 0 Å². The van der Waals surface area contributed by atoms with Gasteiger partial charge in [-0.05, 0) is 46.4 Å². The van der Waals surface area contributed by atoms with Crippen molar-refractivity contribution in [2.45, 2.75) is 40.7 Å². The van der Waals surface area contributed by atoms with Gasteiger partial charge in [0, 0.05) is 18.7 Å². The van der Waals surface area contributed by atoms with Gasteiger partial charge in [0.15, 0.2) is 5.96 Å². The van der Waals surface area contributed by atoms with Gasteiger partial charge in [-0.1, -0.05) is 6.92 Å². The van der Waals surface area contributed by atoms with Crippen LogP contribution in [0.1, 0.15) is 34.6 Å². The van der Waals surface area contributed by atoms with E-state index >= 15 is 0 Å². The van der Waals surface area contributed by atoms with Crippen molar-refractivity contribution < 1.29 is 9.47 Å². The second kappa shape index (κ2) is 10.8. The number of ether oxygens (including phenoxy) is 2. The predicted octanol–water partition coefficient (Wildman–Crippen LogP) is 2.94. The molecule has 24 heavy (non-hydrogen) atoms. The summed E-state index contributed by atoms with van der Waals surface area (Å²) in [6.07, 6.45) is 0. The molecule has 0 saturated heterocycles. The van der Waals surface area contributed by atoms with E-state index in [4.69, 9.17) is 15.2 Å². The second-order valence-electron chi connectivity index (χ2n) is 5.64. The van der Waals surface area contributed by atoms with E-state index in [0.29, 0.717) is 31.8 Å². The van der Waals surface area contributed by atoms with Gasteiger partial charge in [-0.3, -0.25) is 9.89 Å². The normalized spacial score (nSPS) is 11.9. The summed E-state index contributed by atoms with van der Waals surface area (Å²) in [4.78, 5) is 6.76. The Morgan fingerprint density at radius 1 is 1.21 bits per heavy atom. The van der Waals surface area contributed by atoms with E-state index in [2.05, 4.69) is 36.0 Å². The lowest BCUT2D eigenvalue weighted by Crippen LogP contribution is -2.33. The van der Waals surface area contributed by atoms with Crippen LogP contribution in [-0.2, 0) is 0 Å². The standard InChI is InChI=1S/C18H32N4O2/c1-6-22(14(4)5)12-11-20-18(19)21-16-13-15(23-7-2)9-10-17(16)24-8-3/h9-10,13-14H,6-8,11-12H2,1-5H3,(H3,19,20,21). The summed E-state index contributed by atoms with van der Waals surface area (Å²) in [5.74, 6) is 1.88. The van der Waals surface area contributed by atoms with Gasteiger partial charge in [-0.15, -0.1) is 0 Å². The van der Waals surface area contributed by atoms with Gasteiger partial charge in [0.2, 0.25) is 0 Å². The molecule has 0 heterocycles. The Morgan fingerprint density at radius 3 is 2.50 bits per heavy atom. The van der Waals surface area contributed by atoms with Crippen LogP contribution in [-0.4, -0.2) is 49.7 Å². The number of nitrogens with zero attached hydrogens (tertiary/aromatic N) is 2. The van der Waals surface area contributed by atoms with E-state index in [9.17, 15) is 0 Å². The predicted molar refractivity (Wildman–Crippen MR) is 101 cm³/mol. The molecule has 0 aromatic heterocycles. The largest absolute Gasteiger partial charge is 0.494 e. The lowest BCUT2D eigenvalue weighted by Gasteiger charge is -2.23. The van der Waals surface area contributed by atoms with Gasteiger partial charge in [0.25, 0.3) is 0 Å². The molecule has 0 aliphatic carbocycles. The molecule has 0 radical (unpaired) electrons. The van der Waals surface area contributed by atoms with Crippen molar-refractivity contribution in [1.29, 1.82) is 0 Å². The molecule has 1 aromatic carbocycles. The van der Waals surface area contributed by atoms with Crippen LogP contribution in [0.3, 0.4) is 0 Å². The smallest absolute Gasteiger partial charge is 0.193 e. The Morgan fingerprint density at radius 2 is 1.92 bits per heavy atom. The highest BCUT2D eigenvalue weighted by molar-refractivity contribution is 5.94. The second-order valence-corrected chi connectivity index (χ2v) is 5.64. The van der Waals surface area contributed by atoms with Crippen molar-refractivity contribution in [1.82, 2.24) is 4.90 Å². The van der Waals surface area contributed by atoms with Crippen molar-refractivity contribution in [3.05, 3.63) is 18.2 Å². The number of hydrogen-bond acceptors (Lipinski definition) is 4. The van der Waals surface area contributed by atoms with Gasteiger partial charge in [0.1, 0.15) is 11.5 Å². The number of nitrogens with two attached hydrogens (primary N) is 1. The number of guanidine groups is 1. The van der Waals surface area contributed by atoms with Gasteiger partial charge >= 0.3 is 0 Å². The molecular formula is C18H32N4O2. The van der Waals surface area contributed by atoms with Crippen LogP contribution in [0.5, 0.6) is 11.5 Å². The molecule has 0 bridgehead atoms. The summed E-state index contributed by atoms with van der Waals surface area (Å²) in [5, 5.41) is 3.12. The highest BCUT2D eigenvalue weighted by atomic mass is 16.5. The van der Waals surface area contributed by atoms with E-state index in [0.717, 1.165) is 30.3 Å². The van der Waals surface area contributed by atoms with Crippen molar-refractivity contribution >= 4 is 11.6 Å². The van der Waals surface area contributed by atoms with E-state index in [1.807, 2.05) is 32.0 Å². The topological polar surface area (TPSA) is 72.1 Å². The summed E-state index contributed by atoms with van der Waals surface area (Å²) in [6, 6.07) is 6.14. The van der Waals surface area contributed by atoms with Crippen LogP contribution in [0, 0.1) is 0 Å². The van der Waals surface area contributed by atoms with Crippen molar-refractivity contribution in [2.75, 3.05) is 38.2 Å². The maximum absolute atomic E-state index is 6.02. The van der Waals surface area contributed by atoms with E-state index in [1.165, 1.54) is 0 Å². The van der Waals surface area contributed by atoms with Crippen LogP contribution in [0.2, 0.25) is 0 Å². The molecule has 6 heteroatoms. The fourth-order valence-electron chi connectivity index (χ4n) is 2.40. The molecule has 0 unspecified atom stereocenters. The molecule has 1 aromatic rings.